The number of ether oxygens (including phenoxy) is 1. The van der Waals surface area contributed by atoms with E-state index < -0.39 is 6.10 Å². The molecule has 0 radical (unpaired) electrons. The summed E-state index contributed by atoms with van der Waals surface area (Å²) in [7, 11) is 0. The van der Waals surface area contributed by atoms with E-state index in [1.54, 1.807) is 11.8 Å². The zero-order valence-electron chi connectivity index (χ0n) is 15.4. The molecule has 1 aliphatic heterocycles. The van der Waals surface area contributed by atoms with Crippen LogP contribution in [0.5, 0.6) is 0 Å². The van der Waals surface area contributed by atoms with Gasteiger partial charge in [0.2, 0.25) is 5.13 Å². The molecule has 1 aromatic carbocycles. The topological polar surface area (TPSA) is 70.5 Å². The molecule has 1 saturated heterocycles. The third-order valence-electron chi connectivity index (χ3n) is 4.04. The summed E-state index contributed by atoms with van der Waals surface area (Å²) in [4.78, 5) is 2.27. The van der Waals surface area contributed by atoms with Gasteiger partial charge in [0.15, 0.2) is 4.34 Å². The Balaban J connectivity index is 1.45. The summed E-state index contributed by atoms with van der Waals surface area (Å²) in [5.74, 6) is 0.610. The second-order valence-electron chi connectivity index (χ2n) is 6.81. The number of anilines is 2. The van der Waals surface area contributed by atoms with E-state index in [1.807, 2.05) is 12.1 Å². The normalized spacial score (nSPS) is 22.3. The number of benzene rings is 1. The Morgan fingerprint density at radius 3 is 2.85 bits per heavy atom. The first-order valence-corrected chi connectivity index (χ1v) is 10.6. The van der Waals surface area contributed by atoms with Gasteiger partial charge < -0.3 is 15.2 Å². The number of aromatic nitrogens is 2. The molecular formula is C18H26N4O2S2. The van der Waals surface area contributed by atoms with Crippen molar-refractivity contribution >= 4 is 33.9 Å². The number of hydrogen-bond acceptors (Lipinski definition) is 8. The summed E-state index contributed by atoms with van der Waals surface area (Å²) in [6, 6.07) is 8.15. The molecule has 1 aromatic heterocycles. The molecule has 1 fully saturated rings. The number of morpholine rings is 1. The van der Waals surface area contributed by atoms with Crippen molar-refractivity contribution in [2.75, 3.05) is 30.7 Å². The summed E-state index contributed by atoms with van der Waals surface area (Å²) < 4.78 is 6.60. The monoisotopic (exact) mass is 394 g/mol. The molecule has 2 heterocycles. The second-order valence-corrected chi connectivity index (χ2v) is 9.05. The average Bonchev–Trinajstić information content (AvgIpc) is 2.99. The zero-order valence-corrected chi connectivity index (χ0v) is 17.0. The highest BCUT2D eigenvalue weighted by Crippen LogP contribution is 2.28. The van der Waals surface area contributed by atoms with Crippen LogP contribution in [0.2, 0.25) is 0 Å². The minimum atomic E-state index is -0.394. The van der Waals surface area contributed by atoms with Gasteiger partial charge in [0, 0.05) is 31.1 Å². The number of rotatable bonds is 7. The third kappa shape index (κ3) is 5.92. The number of thioether (sulfide) groups is 1. The molecule has 2 N–H and O–H groups in total. The molecule has 6 nitrogen and oxygen atoms in total. The summed E-state index contributed by atoms with van der Waals surface area (Å²) in [6.07, 6.45) is 0.0450. The van der Waals surface area contributed by atoms with Crippen LogP contribution in [0.15, 0.2) is 28.6 Å². The standard InChI is InChI=1S/C18H26N4O2S2/c1-12-5-4-6-15(7-12)19-17-20-21-18(26-17)25-11-16(23)10-22-8-13(2)24-14(3)9-22/h4-7,13-14,16,23H,8-11H2,1-3H3,(H,19,20). The zero-order chi connectivity index (χ0) is 18.5. The minimum Gasteiger partial charge on any atom is -0.391 e. The van der Waals surface area contributed by atoms with Crippen molar-refractivity contribution in [2.24, 2.45) is 0 Å². The maximum Gasteiger partial charge on any atom is 0.210 e. The van der Waals surface area contributed by atoms with Gasteiger partial charge in [-0.2, -0.15) is 0 Å². The first kappa shape index (κ1) is 19.6. The summed E-state index contributed by atoms with van der Waals surface area (Å²) in [5.41, 5.74) is 2.21. The van der Waals surface area contributed by atoms with Crippen molar-refractivity contribution < 1.29 is 9.84 Å². The highest BCUT2D eigenvalue weighted by atomic mass is 32.2. The van der Waals surface area contributed by atoms with Crippen LogP contribution in [-0.2, 0) is 4.74 Å². The average molecular weight is 395 g/mol. The van der Waals surface area contributed by atoms with Crippen molar-refractivity contribution in [3.8, 4) is 0 Å². The first-order valence-electron chi connectivity index (χ1n) is 8.84. The van der Waals surface area contributed by atoms with Gasteiger partial charge in [-0.25, -0.2) is 0 Å². The molecular weight excluding hydrogens is 368 g/mol. The molecule has 0 aliphatic carbocycles. The van der Waals surface area contributed by atoms with Gasteiger partial charge in [0.25, 0.3) is 0 Å². The van der Waals surface area contributed by atoms with Gasteiger partial charge in [-0.1, -0.05) is 35.2 Å². The minimum absolute atomic E-state index is 0.219. The van der Waals surface area contributed by atoms with Gasteiger partial charge >= 0.3 is 0 Å². The van der Waals surface area contributed by atoms with E-state index in [-0.39, 0.29) is 12.2 Å². The summed E-state index contributed by atoms with van der Waals surface area (Å²) >= 11 is 3.06. The van der Waals surface area contributed by atoms with Crippen LogP contribution in [0.25, 0.3) is 0 Å². The Kier molecular flexibility index (Phi) is 6.88. The van der Waals surface area contributed by atoms with Crippen molar-refractivity contribution in [1.29, 1.82) is 0 Å². The molecule has 0 amide bonds. The van der Waals surface area contributed by atoms with E-state index in [9.17, 15) is 5.11 Å². The van der Waals surface area contributed by atoms with Crippen LogP contribution >= 0.6 is 23.1 Å². The highest BCUT2D eigenvalue weighted by Gasteiger charge is 2.24. The molecule has 0 spiro atoms. The summed E-state index contributed by atoms with van der Waals surface area (Å²) in [5, 5.41) is 22.8. The van der Waals surface area contributed by atoms with Crippen LogP contribution in [0.4, 0.5) is 10.8 Å². The van der Waals surface area contributed by atoms with Crippen molar-refractivity contribution in [1.82, 2.24) is 15.1 Å². The molecule has 8 heteroatoms. The van der Waals surface area contributed by atoms with Crippen LogP contribution in [0, 0.1) is 6.92 Å². The van der Waals surface area contributed by atoms with Gasteiger partial charge in [-0.05, 0) is 38.5 Å². The number of aliphatic hydroxyl groups is 1. The third-order valence-corrected chi connectivity index (χ3v) is 6.16. The quantitative estimate of drug-likeness (QED) is 0.699. The Bertz CT molecular complexity index is 702. The molecule has 1 aliphatic rings. The number of aliphatic hydroxyl groups excluding tert-OH is 1. The predicted octanol–water partition coefficient (Wildman–Crippen LogP) is 3.15. The van der Waals surface area contributed by atoms with Crippen molar-refractivity contribution in [3.63, 3.8) is 0 Å². The number of β-amino-alcohol motifs (C(OH)–C–C–N with tert-alkyl or cyclic N) is 1. The first-order chi connectivity index (χ1) is 12.5. The lowest BCUT2D eigenvalue weighted by molar-refractivity contribution is -0.0750. The lowest BCUT2D eigenvalue weighted by Gasteiger charge is -2.36. The largest absolute Gasteiger partial charge is 0.391 e. The van der Waals surface area contributed by atoms with E-state index in [4.69, 9.17) is 4.74 Å². The van der Waals surface area contributed by atoms with E-state index in [0.717, 1.165) is 28.2 Å². The number of aryl methyl sites for hydroxylation is 1. The molecule has 3 unspecified atom stereocenters. The Hall–Kier alpha value is -1.19. The van der Waals surface area contributed by atoms with Gasteiger partial charge in [-0.15, -0.1) is 10.2 Å². The van der Waals surface area contributed by atoms with E-state index in [1.165, 1.54) is 16.9 Å². The summed E-state index contributed by atoms with van der Waals surface area (Å²) in [6.45, 7) is 8.62. The Morgan fingerprint density at radius 1 is 1.35 bits per heavy atom. The highest BCUT2D eigenvalue weighted by molar-refractivity contribution is 8.01. The molecule has 0 saturated carbocycles. The number of nitrogens with one attached hydrogen (secondary N) is 1. The fourth-order valence-electron chi connectivity index (χ4n) is 3.12. The maximum absolute atomic E-state index is 10.3. The van der Waals surface area contributed by atoms with E-state index in [0.29, 0.717) is 12.3 Å². The van der Waals surface area contributed by atoms with Gasteiger partial charge in [0.1, 0.15) is 0 Å². The van der Waals surface area contributed by atoms with Crippen LogP contribution in [0.3, 0.4) is 0 Å². The fourth-order valence-corrected chi connectivity index (χ4v) is 4.83. The second kappa shape index (κ2) is 9.14. The molecule has 142 valence electrons. The number of nitrogens with zero attached hydrogens (tertiary/aromatic N) is 3. The smallest absolute Gasteiger partial charge is 0.210 e. The van der Waals surface area contributed by atoms with E-state index in [2.05, 4.69) is 53.3 Å². The predicted molar refractivity (Wildman–Crippen MR) is 108 cm³/mol. The lowest BCUT2D eigenvalue weighted by Crippen LogP contribution is -2.48. The number of hydrogen-bond donors (Lipinski definition) is 2. The van der Waals surface area contributed by atoms with Crippen LogP contribution < -0.4 is 5.32 Å². The Labute approximate surface area is 163 Å². The fraction of sp³-hybridized carbons (Fsp3) is 0.556. The van der Waals surface area contributed by atoms with Crippen molar-refractivity contribution in [3.05, 3.63) is 29.8 Å². The van der Waals surface area contributed by atoms with Crippen LogP contribution in [0.1, 0.15) is 19.4 Å². The van der Waals surface area contributed by atoms with Gasteiger partial charge in [0.05, 0.1) is 18.3 Å². The molecule has 26 heavy (non-hydrogen) atoms. The lowest BCUT2D eigenvalue weighted by atomic mass is 10.2. The van der Waals surface area contributed by atoms with Crippen molar-refractivity contribution in [2.45, 2.75) is 43.4 Å². The molecule has 3 atom stereocenters. The maximum atomic E-state index is 10.3. The Morgan fingerprint density at radius 2 is 2.12 bits per heavy atom. The SMILES string of the molecule is Cc1cccc(Nc2nnc(SCC(O)CN3CC(C)OC(C)C3)s2)c1. The van der Waals surface area contributed by atoms with E-state index >= 15 is 0 Å². The molecule has 0 bridgehead atoms. The van der Waals surface area contributed by atoms with Crippen LogP contribution in [-0.4, -0.2) is 63.9 Å². The van der Waals surface area contributed by atoms with Gasteiger partial charge in [-0.3, -0.25) is 4.90 Å². The molecule has 2 aromatic rings. The molecule has 3 rings (SSSR count).